The van der Waals surface area contributed by atoms with Crippen LogP contribution in [0.5, 0.6) is 0 Å². The summed E-state index contributed by atoms with van der Waals surface area (Å²) >= 11 is 0. The van der Waals surface area contributed by atoms with Crippen LogP contribution in [0.4, 0.5) is 0 Å². The molecule has 0 saturated heterocycles. The lowest BCUT2D eigenvalue weighted by atomic mass is 9.89. The van der Waals surface area contributed by atoms with Gasteiger partial charge in [-0.2, -0.15) is 0 Å². The summed E-state index contributed by atoms with van der Waals surface area (Å²) in [5.41, 5.74) is 5.93. The van der Waals surface area contributed by atoms with Crippen molar-refractivity contribution in [1.29, 1.82) is 0 Å². The number of aromatic nitrogens is 3. The Balaban J connectivity index is 1.23. The minimum absolute atomic E-state index is 0.574. The number of fused-ring (bicyclic) bond motifs is 14. The predicted molar refractivity (Wildman–Crippen MR) is 221 cm³/mol. The van der Waals surface area contributed by atoms with E-state index in [1.165, 1.54) is 26.9 Å². The molecule has 5 nitrogen and oxygen atoms in total. The maximum atomic E-state index is 6.34. The van der Waals surface area contributed by atoms with E-state index >= 15 is 0 Å². The third kappa shape index (κ3) is 4.12. The van der Waals surface area contributed by atoms with E-state index in [2.05, 4.69) is 103 Å². The molecular formula is C49H27N3O2. The fraction of sp³-hybridized carbons (Fsp3) is 0. The minimum atomic E-state index is 0.574. The molecule has 0 unspecified atom stereocenters. The summed E-state index contributed by atoms with van der Waals surface area (Å²) in [6.07, 6.45) is 0. The Bertz CT molecular complexity index is 3390. The van der Waals surface area contributed by atoms with E-state index in [1.807, 2.05) is 60.7 Å². The molecule has 0 N–H and O–H groups in total. The second-order valence-electron chi connectivity index (χ2n) is 13.8. The summed E-state index contributed by atoms with van der Waals surface area (Å²) in [6, 6.07) is 56.8. The Morgan fingerprint density at radius 2 is 0.630 bits per heavy atom. The van der Waals surface area contributed by atoms with E-state index in [0.717, 1.165) is 76.7 Å². The van der Waals surface area contributed by atoms with Gasteiger partial charge in [0, 0.05) is 38.2 Å². The Labute approximate surface area is 307 Å². The number of hydrogen-bond acceptors (Lipinski definition) is 5. The smallest absolute Gasteiger partial charge is 0.164 e. The molecule has 0 radical (unpaired) electrons. The molecule has 12 aromatic rings. The van der Waals surface area contributed by atoms with Crippen molar-refractivity contribution in [3.05, 3.63) is 164 Å². The average molecular weight is 690 g/mol. The second-order valence-corrected chi connectivity index (χ2v) is 13.8. The van der Waals surface area contributed by atoms with Crippen molar-refractivity contribution in [3.63, 3.8) is 0 Å². The fourth-order valence-corrected chi connectivity index (χ4v) is 8.61. The van der Waals surface area contributed by atoms with E-state index in [4.69, 9.17) is 23.8 Å². The van der Waals surface area contributed by atoms with E-state index in [-0.39, 0.29) is 0 Å². The highest BCUT2D eigenvalue weighted by atomic mass is 16.3. The normalized spacial score (nSPS) is 12.1. The molecule has 0 saturated carbocycles. The molecule has 0 aliphatic heterocycles. The van der Waals surface area contributed by atoms with Crippen molar-refractivity contribution < 1.29 is 8.83 Å². The monoisotopic (exact) mass is 689 g/mol. The summed E-state index contributed by atoms with van der Waals surface area (Å²) < 4.78 is 12.7. The Morgan fingerprint density at radius 1 is 0.259 bits per heavy atom. The van der Waals surface area contributed by atoms with Gasteiger partial charge in [0.05, 0.1) is 0 Å². The van der Waals surface area contributed by atoms with E-state index in [9.17, 15) is 0 Å². The molecule has 54 heavy (non-hydrogen) atoms. The number of benzene rings is 9. The van der Waals surface area contributed by atoms with Gasteiger partial charge in [0.25, 0.3) is 0 Å². The molecular weight excluding hydrogens is 663 g/mol. The van der Waals surface area contributed by atoms with Crippen LogP contribution >= 0.6 is 0 Å². The number of para-hydroxylation sites is 2. The van der Waals surface area contributed by atoms with Gasteiger partial charge in [-0.15, -0.1) is 0 Å². The van der Waals surface area contributed by atoms with Crippen LogP contribution in [0.15, 0.2) is 173 Å². The SMILES string of the molecule is c1ccc2c(c1)oc1cccc(-c3nc(-c4cc5c6ccccc6c6ccccc6c5c5ccccc45)nc(-c4cccc5oc6ccccc6c45)n3)c12. The summed E-state index contributed by atoms with van der Waals surface area (Å²) in [5.74, 6) is 1.74. The van der Waals surface area contributed by atoms with Crippen LogP contribution in [0.1, 0.15) is 0 Å². The Kier molecular flexibility index (Phi) is 5.99. The summed E-state index contributed by atoms with van der Waals surface area (Å²) in [4.78, 5) is 16.1. The van der Waals surface area contributed by atoms with Crippen LogP contribution in [0.25, 0.3) is 121 Å². The first-order chi connectivity index (χ1) is 26.8. The summed E-state index contributed by atoms with van der Waals surface area (Å²) in [7, 11) is 0. The third-order valence-corrected chi connectivity index (χ3v) is 10.9. The number of hydrogen-bond donors (Lipinski definition) is 0. The molecule has 0 aliphatic carbocycles. The molecule has 9 aromatic carbocycles. The third-order valence-electron chi connectivity index (χ3n) is 10.9. The first kappa shape index (κ1) is 29.2. The molecule has 0 bridgehead atoms. The van der Waals surface area contributed by atoms with Crippen LogP contribution in [0, 0.1) is 0 Å². The van der Waals surface area contributed by atoms with Crippen LogP contribution in [0.2, 0.25) is 0 Å². The molecule has 0 fully saturated rings. The van der Waals surface area contributed by atoms with Crippen LogP contribution in [-0.4, -0.2) is 15.0 Å². The maximum Gasteiger partial charge on any atom is 0.164 e. The molecule has 0 atom stereocenters. The number of rotatable bonds is 3. The van der Waals surface area contributed by atoms with Gasteiger partial charge < -0.3 is 8.83 Å². The van der Waals surface area contributed by atoms with Crippen molar-refractivity contribution >= 4 is 87.0 Å². The zero-order chi connectivity index (χ0) is 35.3. The van der Waals surface area contributed by atoms with Gasteiger partial charge in [-0.3, -0.25) is 0 Å². The minimum Gasteiger partial charge on any atom is -0.456 e. The molecule has 3 heterocycles. The van der Waals surface area contributed by atoms with E-state index in [1.54, 1.807) is 0 Å². The van der Waals surface area contributed by atoms with Crippen molar-refractivity contribution in [2.75, 3.05) is 0 Å². The van der Waals surface area contributed by atoms with Gasteiger partial charge >= 0.3 is 0 Å². The van der Waals surface area contributed by atoms with Crippen molar-refractivity contribution in [2.24, 2.45) is 0 Å². The molecule has 5 heteroatoms. The standard InChI is InChI=1S/C49H27N3O2/c1-2-15-30-28(13-1)29-14-3-5-17-32(29)44-33-18-6-4-16-31(33)39(27-38(30)44)49-51-47(36-21-11-25-42-45(36)34-19-7-9-23-40(34)53-42)50-48(52-49)37-22-12-26-43-46(37)35-20-8-10-24-41(35)54-43/h1-27H. The Hall–Kier alpha value is -7.37. The van der Waals surface area contributed by atoms with Crippen LogP contribution < -0.4 is 0 Å². The lowest BCUT2D eigenvalue weighted by Crippen LogP contribution is -2.01. The summed E-state index contributed by atoms with van der Waals surface area (Å²) in [5, 5.41) is 13.5. The molecule has 0 spiro atoms. The van der Waals surface area contributed by atoms with Gasteiger partial charge in [-0.05, 0) is 73.4 Å². The topological polar surface area (TPSA) is 65.0 Å². The highest BCUT2D eigenvalue weighted by Gasteiger charge is 2.22. The van der Waals surface area contributed by atoms with Crippen LogP contribution in [-0.2, 0) is 0 Å². The van der Waals surface area contributed by atoms with E-state index < -0.39 is 0 Å². The maximum absolute atomic E-state index is 6.34. The van der Waals surface area contributed by atoms with Gasteiger partial charge in [0.2, 0.25) is 0 Å². The first-order valence-corrected chi connectivity index (χ1v) is 18.1. The lowest BCUT2D eigenvalue weighted by molar-refractivity contribution is 0.668. The highest BCUT2D eigenvalue weighted by Crippen LogP contribution is 2.44. The number of nitrogens with zero attached hydrogens (tertiary/aromatic N) is 3. The molecule has 250 valence electrons. The van der Waals surface area contributed by atoms with Gasteiger partial charge in [-0.25, -0.2) is 15.0 Å². The quantitative estimate of drug-likeness (QED) is 0.173. The number of furan rings is 2. The van der Waals surface area contributed by atoms with Crippen molar-refractivity contribution in [2.45, 2.75) is 0 Å². The van der Waals surface area contributed by atoms with Gasteiger partial charge in [-0.1, -0.05) is 133 Å². The molecule has 0 aliphatic rings. The van der Waals surface area contributed by atoms with Crippen LogP contribution in [0.3, 0.4) is 0 Å². The highest BCUT2D eigenvalue weighted by molar-refractivity contribution is 6.33. The van der Waals surface area contributed by atoms with Gasteiger partial charge in [0.1, 0.15) is 22.3 Å². The van der Waals surface area contributed by atoms with Crippen molar-refractivity contribution in [3.8, 4) is 34.2 Å². The summed E-state index contributed by atoms with van der Waals surface area (Å²) in [6.45, 7) is 0. The lowest BCUT2D eigenvalue weighted by Gasteiger charge is -2.16. The zero-order valence-electron chi connectivity index (χ0n) is 28.7. The molecule has 3 aromatic heterocycles. The largest absolute Gasteiger partial charge is 0.456 e. The first-order valence-electron chi connectivity index (χ1n) is 18.1. The van der Waals surface area contributed by atoms with Crippen molar-refractivity contribution in [1.82, 2.24) is 15.0 Å². The average Bonchev–Trinajstić information content (AvgIpc) is 3.82. The molecule has 12 rings (SSSR count). The van der Waals surface area contributed by atoms with Gasteiger partial charge in [0.15, 0.2) is 17.5 Å². The molecule has 0 amide bonds. The zero-order valence-corrected chi connectivity index (χ0v) is 28.7. The van der Waals surface area contributed by atoms with E-state index in [0.29, 0.717) is 17.5 Å². The Morgan fingerprint density at radius 3 is 1.17 bits per heavy atom. The second kappa shape index (κ2) is 11.1. The predicted octanol–water partition coefficient (Wildman–Crippen LogP) is 13.3. The fourth-order valence-electron chi connectivity index (χ4n) is 8.61.